The normalized spacial score (nSPS) is 21.5. The molecule has 0 bridgehead atoms. The molecule has 1 aliphatic heterocycles. The predicted octanol–water partition coefficient (Wildman–Crippen LogP) is 2.56. The van der Waals surface area contributed by atoms with E-state index in [1.807, 2.05) is 20.8 Å². The van der Waals surface area contributed by atoms with Crippen LogP contribution in [0.3, 0.4) is 0 Å². The second-order valence-electron chi connectivity index (χ2n) is 3.68. The number of allylic oxidation sites excluding steroid dienone is 2. The summed E-state index contributed by atoms with van der Waals surface area (Å²) in [6.45, 7) is 11.5. The van der Waals surface area contributed by atoms with Gasteiger partial charge in [-0.1, -0.05) is 0 Å². The van der Waals surface area contributed by atoms with Gasteiger partial charge in [0.25, 0.3) is 0 Å². The highest BCUT2D eigenvalue weighted by Crippen LogP contribution is 2.26. The summed E-state index contributed by atoms with van der Waals surface area (Å²) in [5, 5.41) is 3.35. The van der Waals surface area contributed by atoms with Gasteiger partial charge in [-0.05, 0) is 34.6 Å². The average molecular weight is 211 g/mol. The molecule has 1 N–H and O–H groups in total. The van der Waals surface area contributed by atoms with Gasteiger partial charge in [0.15, 0.2) is 0 Å². The Bertz CT molecular complexity index is 292. The van der Waals surface area contributed by atoms with Crippen LogP contribution in [0.1, 0.15) is 34.6 Å². The van der Waals surface area contributed by atoms with E-state index in [2.05, 4.69) is 19.2 Å². The molecule has 0 aromatic carbocycles. The first-order chi connectivity index (χ1) is 7.11. The molecule has 1 atom stereocenters. The molecule has 0 fully saturated rings. The number of hydrogen-bond donors (Lipinski definition) is 1. The van der Waals surface area contributed by atoms with Crippen molar-refractivity contribution in [1.82, 2.24) is 5.32 Å². The highest BCUT2D eigenvalue weighted by atomic mass is 16.5. The number of dihydropyridines is 1. The average Bonchev–Trinajstić information content (AvgIpc) is 2.19. The van der Waals surface area contributed by atoms with Crippen LogP contribution < -0.4 is 5.32 Å². The van der Waals surface area contributed by atoms with Gasteiger partial charge in [-0.3, -0.25) is 0 Å². The summed E-state index contributed by atoms with van der Waals surface area (Å²) in [4.78, 5) is 0. The Morgan fingerprint density at radius 3 is 2.27 bits per heavy atom. The third-order valence-electron chi connectivity index (χ3n) is 2.47. The Labute approximate surface area is 92.1 Å². The van der Waals surface area contributed by atoms with Crippen LogP contribution in [0.2, 0.25) is 0 Å². The van der Waals surface area contributed by atoms with Crippen LogP contribution in [0.4, 0.5) is 0 Å². The van der Waals surface area contributed by atoms with Gasteiger partial charge in [0.2, 0.25) is 0 Å². The number of rotatable bonds is 4. The molecule has 1 rings (SSSR count). The van der Waals surface area contributed by atoms with E-state index in [-0.39, 0.29) is 6.04 Å². The lowest BCUT2D eigenvalue weighted by Gasteiger charge is -2.29. The van der Waals surface area contributed by atoms with Crippen molar-refractivity contribution in [3.63, 3.8) is 0 Å². The van der Waals surface area contributed by atoms with Crippen LogP contribution in [-0.2, 0) is 9.47 Å². The van der Waals surface area contributed by atoms with Crippen molar-refractivity contribution >= 4 is 0 Å². The van der Waals surface area contributed by atoms with E-state index in [0.29, 0.717) is 13.2 Å². The molecule has 86 valence electrons. The van der Waals surface area contributed by atoms with E-state index in [1.54, 1.807) is 0 Å². The summed E-state index contributed by atoms with van der Waals surface area (Å²) in [7, 11) is 0. The van der Waals surface area contributed by atoms with E-state index in [0.717, 1.165) is 22.8 Å². The first kappa shape index (κ1) is 12.0. The zero-order chi connectivity index (χ0) is 11.4. The zero-order valence-corrected chi connectivity index (χ0v) is 10.3. The summed E-state index contributed by atoms with van der Waals surface area (Å²) in [6.07, 6.45) is 0. The molecule has 3 heteroatoms. The van der Waals surface area contributed by atoms with Crippen LogP contribution in [-0.4, -0.2) is 19.3 Å². The van der Waals surface area contributed by atoms with Crippen molar-refractivity contribution in [1.29, 1.82) is 0 Å². The lowest BCUT2D eigenvalue weighted by molar-refractivity contribution is 0.179. The minimum Gasteiger partial charge on any atom is -0.496 e. The summed E-state index contributed by atoms with van der Waals surface area (Å²) >= 11 is 0. The van der Waals surface area contributed by atoms with Gasteiger partial charge in [0.05, 0.1) is 25.0 Å². The maximum atomic E-state index is 5.64. The molecule has 0 amide bonds. The van der Waals surface area contributed by atoms with Crippen LogP contribution in [0, 0.1) is 0 Å². The van der Waals surface area contributed by atoms with Crippen LogP contribution in [0.15, 0.2) is 22.8 Å². The van der Waals surface area contributed by atoms with Crippen LogP contribution >= 0.6 is 0 Å². The third kappa shape index (κ3) is 2.46. The fourth-order valence-electron chi connectivity index (χ4n) is 1.92. The van der Waals surface area contributed by atoms with Crippen molar-refractivity contribution in [2.75, 3.05) is 13.2 Å². The minimum absolute atomic E-state index is 0.231. The molecule has 1 aliphatic rings. The van der Waals surface area contributed by atoms with E-state index in [4.69, 9.17) is 9.47 Å². The first-order valence-electron chi connectivity index (χ1n) is 5.55. The number of ether oxygens (including phenoxy) is 2. The fourth-order valence-corrected chi connectivity index (χ4v) is 1.92. The Morgan fingerprint density at radius 2 is 1.73 bits per heavy atom. The standard InChI is InChI=1S/C12H21NO2/c1-6-14-11-8(3)12(15-7-2)10(5)13-9(11)4/h9,13H,6-7H2,1-5H3. The van der Waals surface area contributed by atoms with Crippen LogP contribution in [0.25, 0.3) is 0 Å². The second kappa shape index (κ2) is 5.10. The molecule has 3 nitrogen and oxygen atoms in total. The molecule has 0 saturated carbocycles. The molecule has 1 heterocycles. The van der Waals surface area contributed by atoms with E-state index in [1.165, 1.54) is 0 Å². The maximum absolute atomic E-state index is 5.64. The van der Waals surface area contributed by atoms with E-state index < -0.39 is 0 Å². The van der Waals surface area contributed by atoms with Crippen molar-refractivity contribution < 1.29 is 9.47 Å². The second-order valence-corrected chi connectivity index (χ2v) is 3.68. The molecule has 0 aromatic heterocycles. The molecule has 0 aliphatic carbocycles. The van der Waals surface area contributed by atoms with Gasteiger partial charge < -0.3 is 14.8 Å². The monoisotopic (exact) mass is 211 g/mol. The SMILES string of the molecule is CCOC1=C(C)NC(C)C(OCC)=C1C. The molecule has 1 unspecified atom stereocenters. The van der Waals surface area contributed by atoms with Gasteiger partial charge in [-0.2, -0.15) is 0 Å². The summed E-state index contributed by atoms with van der Waals surface area (Å²) < 4.78 is 11.2. The third-order valence-corrected chi connectivity index (χ3v) is 2.47. The first-order valence-corrected chi connectivity index (χ1v) is 5.55. The molecule has 0 spiro atoms. The fraction of sp³-hybridized carbons (Fsp3) is 0.667. The van der Waals surface area contributed by atoms with Crippen molar-refractivity contribution in [2.24, 2.45) is 0 Å². The maximum Gasteiger partial charge on any atom is 0.144 e. The Hall–Kier alpha value is -1.12. The van der Waals surface area contributed by atoms with Crippen LogP contribution in [0.5, 0.6) is 0 Å². The quantitative estimate of drug-likeness (QED) is 0.775. The van der Waals surface area contributed by atoms with Crippen molar-refractivity contribution in [3.05, 3.63) is 22.8 Å². The van der Waals surface area contributed by atoms with Gasteiger partial charge in [-0.25, -0.2) is 0 Å². The van der Waals surface area contributed by atoms with Gasteiger partial charge in [0.1, 0.15) is 11.5 Å². The Morgan fingerprint density at radius 1 is 1.13 bits per heavy atom. The van der Waals surface area contributed by atoms with Gasteiger partial charge in [0, 0.05) is 5.57 Å². The predicted molar refractivity (Wildman–Crippen MR) is 61.2 cm³/mol. The van der Waals surface area contributed by atoms with E-state index in [9.17, 15) is 0 Å². The van der Waals surface area contributed by atoms with Crippen molar-refractivity contribution in [3.8, 4) is 0 Å². The van der Waals surface area contributed by atoms with Gasteiger partial charge >= 0.3 is 0 Å². The summed E-state index contributed by atoms with van der Waals surface area (Å²) in [5.74, 6) is 1.92. The highest BCUT2D eigenvalue weighted by Gasteiger charge is 2.23. The van der Waals surface area contributed by atoms with Gasteiger partial charge in [-0.15, -0.1) is 0 Å². The molecular formula is C12H21NO2. The van der Waals surface area contributed by atoms with Crippen molar-refractivity contribution in [2.45, 2.75) is 40.7 Å². The molecule has 0 aromatic rings. The summed E-state index contributed by atoms with van der Waals surface area (Å²) in [5.41, 5.74) is 2.20. The molecule has 0 saturated heterocycles. The molecule has 15 heavy (non-hydrogen) atoms. The minimum atomic E-state index is 0.231. The molecule has 0 radical (unpaired) electrons. The largest absolute Gasteiger partial charge is 0.496 e. The zero-order valence-electron chi connectivity index (χ0n) is 10.3. The number of hydrogen-bond acceptors (Lipinski definition) is 3. The lowest BCUT2D eigenvalue weighted by atomic mass is 10.0. The Kier molecular flexibility index (Phi) is 4.06. The lowest BCUT2D eigenvalue weighted by Crippen LogP contribution is -2.33. The smallest absolute Gasteiger partial charge is 0.144 e. The molecular weight excluding hydrogens is 190 g/mol. The van der Waals surface area contributed by atoms with E-state index >= 15 is 0 Å². The topological polar surface area (TPSA) is 30.5 Å². The summed E-state index contributed by atoms with van der Waals surface area (Å²) in [6, 6.07) is 0.231. The Balaban J connectivity index is 2.99. The highest BCUT2D eigenvalue weighted by molar-refractivity contribution is 5.36. The number of nitrogens with one attached hydrogen (secondary N) is 1.